The molecule has 17 heavy (non-hydrogen) atoms. The maximum Gasteiger partial charge on any atom is 0.137 e. The topological polar surface area (TPSA) is 43.3 Å². The zero-order valence-corrected chi connectivity index (χ0v) is 11.0. The van der Waals surface area contributed by atoms with Crippen LogP contribution in [-0.2, 0) is 0 Å². The summed E-state index contributed by atoms with van der Waals surface area (Å²) in [7, 11) is 0. The van der Waals surface area contributed by atoms with Gasteiger partial charge in [0.15, 0.2) is 0 Å². The van der Waals surface area contributed by atoms with Crippen LogP contribution >= 0.6 is 11.6 Å². The smallest absolute Gasteiger partial charge is 0.137 e. The number of unbranched alkanes of at least 4 members (excludes halogenated alkanes) is 1. The maximum absolute atomic E-state index is 6.24. The van der Waals surface area contributed by atoms with Crippen molar-refractivity contribution in [2.75, 3.05) is 0 Å². The number of nitrogens with two attached hydrogens (primary N) is 1. The van der Waals surface area contributed by atoms with Crippen molar-refractivity contribution in [3.8, 4) is 0 Å². The van der Waals surface area contributed by atoms with E-state index >= 15 is 0 Å². The van der Waals surface area contributed by atoms with E-state index < -0.39 is 0 Å². The molecule has 2 aromatic heterocycles. The number of pyridine rings is 1. The van der Waals surface area contributed by atoms with Crippen LogP contribution in [0.15, 0.2) is 18.3 Å². The SMILES string of the molecule is CCCCC(N)c1c(C)nc2ccc(Cl)cn12. The molecule has 0 fully saturated rings. The zero-order valence-electron chi connectivity index (χ0n) is 10.3. The summed E-state index contributed by atoms with van der Waals surface area (Å²) in [5.41, 5.74) is 9.23. The Morgan fingerprint density at radius 1 is 1.47 bits per heavy atom. The van der Waals surface area contributed by atoms with Gasteiger partial charge in [-0.15, -0.1) is 0 Å². The van der Waals surface area contributed by atoms with Crippen LogP contribution in [0.2, 0.25) is 5.02 Å². The minimum Gasteiger partial charge on any atom is -0.323 e. The van der Waals surface area contributed by atoms with Gasteiger partial charge in [-0.1, -0.05) is 31.4 Å². The van der Waals surface area contributed by atoms with E-state index in [1.165, 1.54) is 0 Å². The Morgan fingerprint density at radius 2 is 2.24 bits per heavy atom. The maximum atomic E-state index is 6.24. The fraction of sp³-hybridized carbons (Fsp3) is 0.462. The number of aromatic nitrogens is 2. The van der Waals surface area contributed by atoms with Gasteiger partial charge in [0.05, 0.1) is 16.4 Å². The Bertz CT molecular complexity index is 519. The van der Waals surface area contributed by atoms with Gasteiger partial charge in [0.1, 0.15) is 5.65 Å². The van der Waals surface area contributed by atoms with Crippen LogP contribution in [0.1, 0.15) is 43.6 Å². The molecular weight excluding hydrogens is 234 g/mol. The van der Waals surface area contributed by atoms with Gasteiger partial charge in [0, 0.05) is 12.2 Å². The van der Waals surface area contributed by atoms with Crippen LogP contribution in [-0.4, -0.2) is 9.38 Å². The molecule has 0 saturated heterocycles. The molecule has 0 spiro atoms. The summed E-state index contributed by atoms with van der Waals surface area (Å²) in [6.45, 7) is 4.17. The first-order valence-electron chi connectivity index (χ1n) is 6.03. The minimum atomic E-state index is 0.0309. The molecule has 0 bridgehead atoms. The monoisotopic (exact) mass is 251 g/mol. The molecule has 2 aromatic rings. The lowest BCUT2D eigenvalue weighted by Crippen LogP contribution is -2.13. The number of hydrogen-bond acceptors (Lipinski definition) is 2. The lowest BCUT2D eigenvalue weighted by Gasteiger charge is -2.12. The van der Waals surface area contributed by atoms with Crippen LogP contribution < -0.4 is 5.73 Å². The fourth-order valence-electron chi connectivity index (χ4n) is 2.16. The molecule has 0 aromatic carbocycles. The summed E-state index contributed by atoms with van der Waals surface area (Å²) in [5.74, 6) is 0. The Hall–Kier alpha value is -1.06. The van der Waals surface area contributed by atoms with Crippen molar-refractivity contribution in [2.45, 2.75) is 39.2 Å². The van der Waals surface area contributed by atoms with Crippen molar-refractivity contribution < 1.29 is 0 Å². The van der Waals surface area contributed by atoms with Gasteiger partial charge in [-0.2, -0.15) is 0 Å². The first-order valence-corrected chi connectivity index (χ1v) is 6.41. The molecule has 0 saturated carbocycles. The Morgan fingerprint density at radius 3 is 2.94 bits per heavy atom. The van der Waals surface area contributed by atoms with Gasteiger partial charge in [0.25, 0.3) is 0 Å². The number of halogens is 1. The molecule has 92 valence electrons. The molecule has 1 unspecified atom stereocenters. The van der Waals surface area contributed by atoms with Crippen LogP contribution in [0.3, 0.4) is 0 Å². The predicted molar refractivity (Wildman–Crippen MR) is 71.4 cm³/mol. The Kier molecular flexibility index (Phi) is 3.69. The molecule has 2 N–H and O–H groups in total. The highest BCUT2D eigenvalue weighted by molar-refractivity contribution is 6.30. The van der Waals surface area contributed by atoms with Crippen molar-refractivity contribution in [3.63, 3.8) is 0 Å². The van der Waals surface area contributed by atoms with Gasteiger partial charge in [0.2, 0.25) is 0 Å². The van der Waals surface area contributed by atoms with Gasteiger partial charge in [-0.3, -0.25) is 0 Å². The molecule has 0 aliphatic carbocycles. The van der Waals surface area contributed by atoms with Gasteiger partial charge < -0.3 is 10.1 Å². The molecule has 0 radical (unpaired) electrons. The van der Waals surface area contributed by atoms with Crippen LogP contribution in [0, 0.1) is 6.92 Å². The lowest BCUT2D eigenvalue weighted by molar-refractivity contribution is 0.584. The fourth-order valence-corrected chi connectivity index (χ4v) is 2.32. The molecule has 0 aliphatic rings. The summed E-state index contributed by atoms with van der Waals surface area (Å²) in [6.07, 6.45) is 5.16. The number of rotatable bonds is 4. The third kappa shape index (κ3) is 2.45. The Balaban J connectivity index is 2.44. The molecular formula is C13H18ClN3. The van der Waals surface area contributed by atoms with Crippen molar-refractivity contribution >= 4 is 17.2 Å². The van der Waals surface area contributed by atoms with E-state index in [4.69, 9.17) is 17.3 Å². The number of fused-ring (bicyclic) bond motifs is 1. The third-order valence-electron chi connectivity index (χ3n) is 3.02. The quantitative estimate of drug-likeness (QED) is 0.904. The second-order valence-electron chi connectivity index (χ2n) is 4.41. The normalized spacial score (nSPS) is 13.2. The van der Waals surface area contributed by atoms with Crippen molar-refractivity contribution in [3.05, 3.63) is 34.7 Å². The number of nitrogens with zero attached hydrogens (tertiary/aromatic N) is 2. The van der Waals surface area contributed by atoms with Crippen molar-refractivity contribution in [1.29, 1.82) is 0 Å². The van der Waals surface area contributed by atoms with E-state index in [0.717, 1.165) is 36.3 Å². The van der Waals surface area contributed by atoms with E-state index in [1.807, 2.05) is 29.7 Å². The average Bonchev–Trinajstić information content (AvgIpc) is 2.61. The third-order valence-corrected chi connectivity index (χ3v) is 3.25. The molecule has 0 amide bonds. The molecule has 0 aliphatic heterocycles. The van der Waals surface area contributed by atoms with Crippen molar-refractivity contribution in [1.82, 2.24) is 9.38 Å². The lowest BCUT2D eigenvalue weighted by atomic mass is 10.1. The van der Waals surface area contributed by atoms with Crippen LogP contribution in [0.5, 0.6) is 0 Å². The molecule has 2 heterocycles. The second kappa shape index (κ2) is 5.07. The Labute approximate surface area is 107 Å². The summed E-state index contributed by atoms with van der Waals surface area (Å²) in [4.78, 5) is 4.51. The van der Waals surface area contributed by atoms with Crippen LogP contribution in [0.25, 0.3) is 5.65 Å². The van der Waals surface area contributed by atoms with E-state index in [-0.39, 0.29) is 6.04 Å². The molecule has 1 atom stereocenters. The van der Waals surface area contributed by atoms with Gasteiger partial charge in [-0.05, 0) is 25.5 Å². The first-order chi connectivity index (χ1) is 8.13. The summed E-state index contributed by atoms with van der Waals surface area (Å²) in [5, 5.41) is 0.707. The summed E-state index contributed by atoms with van der Waals surface area (Å²) >= 11 is 6.02. The van der Waals surface area contributed by atoms with Crippen molar-refractivity contribution in [2.24, 2.45) is 5.73 Å². The molecule has 4 heteroatoms. The van der Waals surface area contributed by atoms with Gasteiger partial charge >= 0.3 is 0 Å². The van der Waals surface area contributed by atoms with Gasteiger partial charge in [-0.25, -0.2) is 4.98 Å². The zero-order chi connectivity index (χ0) is 12.4. The number of imidazole rings is 1. The van der Waals surface area contributed by atoms with E-state index in [0.29, 0.717) is 5.02 Å². The standard InChI is InChI=1S/C13H18ClN3/c1-3-4-5-11(15)13-9(2)16-12-7-6-10(14)8-17(12)13/h6-8,11H,3-5,15H2,1-2H3. The van der Waals surface area contributed by atoms with E-state index in [1.54, 1.807) is 0 Å². The number of hydrogen-bond donors (Lipinski definition) is 1. The second-order valence-corrected chi connectivity index (χ2v) is 4.84. The molecule has 3 nitrogen and oxygen atoms in total. The summed E-state index contributed by atoms with van der Waals surface area (Å²) in [6, 6.07) is 3.80. The average molecular weight is 252 g/mol. The van der Waals surface area contributed by atoms with E-state index in [2.05, 4.69) is 11.9 Å². The van der Waals surface area contributed by atoms with E-state index in [9.17, 15) is 0 Å². The minimum absolute atomic E-state index is 0.0309. The highest BCUT2D eigenvalue weighted by Crippen LogP contribution is 2.23. The number of aryl methyl sites for hydroxylation is 1. The van der Waals surface area contributed by atoms with Crippen LogP contribution in [0.4, 0.5) is 0 Å². The first kappa shape index (κ1) is 12.4. The molecule has 2 rings (SSSR count). The largest absolute Gasteiger partial charge is 0.323 e. The highest BCUT2D eigenvalue weighted by Gasteiger charge is 2.15. The summed E-state index contributed by atoms with van der Waals surface area (Å²) < 4.78 is 2.01. The predicted octanol–water partition coefficient (Wildman–Crippen LogP) is 3.49. The highest BCUT2D eigenvalue weighted by atomic mass is 35.5.